The summed E-state index contributed by atoms with van der Waals surface area (Å²) >= 11 is 0. The van der Waals surface area contributed by atoms with Crippen molar-refractivity contribution in [3.8, 4) is 11.5 Å². The van der Waals surface area contributed by atoms with E-state index in [1.165, 1.54) is 4.90 Å². The van der Waals surface area contributed by atoms with Crippen molar-refractivity contribution in [2.24, 2.45) is 0 Å². The number of methoxy groups -OCH3 is 1. The molecule has 0 atom stereocenters. The average molecular weight is 439 g/mol. The van der Waals surface area contributed by atoms with E-state index in [2.05, 4.69) is 5.32 Å². The van der Waals surface area contributed by atoms with Crippen molar-refractivity contribution < 1.29 is 23.8 Å². The fraction of sp³-hybridized carbons (Fsp3) is 0.360. The SMILES string of the molecule is CCOCCCN1C(=O)C(Nc2ccccc2OC)=C(c2ccc(OC(C)C)cc2)C1=O. The third-order valence-corrected chi connectivity index (χ3v) is 4.92. The van der Waals surface area contributed by atoms with E-state index in [4.69, 9.17) is 14.2 Å². The minimum Gasteiger partial charge on any atom is -0.495 e. The molecule has 0 radical (unpaired) electrons. The number of rotatable bonds is 11. The van der Waals surface area contributed by atoms with Crippen LogP contribution in [0.5, 0.6) is 11.5 Å². The molecule has 2 aromatic carbocycles. The van der Waals surface area contributed by atoms with Crippen molar-refractivity contribution in [2.75, 3.05) is 32.2 Å². The quantitative estimate of drug-likeness (QED) is 0.420. The summed E-state index contributed by atoms with van der Waals surface area (Å²) in [6.07, 6.45) is 0.611. The summed E-state index contributed by atoms with van der Waals surface area (Å²) in [7, 11) is 1.56. The number of ether oxygens (including phenoxy) is 3. The van der Waals surface area contributed by atoms with Gasteiger partial charge >= 0.3 is 0 Å². The summed E-state index contributed by atoms with van der Waals surface area (Å²) in [5.74, 6) is 0.584. The second kappa shape index (κ2) is 10.8. The number of nitrogens with one attached hydrogen (secondary N) is 1. The first-order valence-electron chi connectivity index (χ1n) is 10.8. The Kier molecular flexibility index (Phi) is 7.89. The third-order valence-electron chi connectivity index (χ3n) is 4.92. The van der Waals surface area contributed by atoms with Gasteiger partial charge < -0.3 is 19.5 Å². The molecular weight excluding hydrogens is 408 g/mol. The molecule has 0 saturated heterocycles. The maximum absolute atomic E-state index is 13.3. The van der Waals surface area contributed by atoms with Crippen LogP contribution < -0.4 is 14.8 Å². The molecule has 0 aromatic heterocycles. The summed E-state index contributed by atoms with van der Waals surface area (Å²) < 4.78 is 16.5. The van der Waals surface area contributed by atoms with E-state index in [1.54, 1.807) is 43.5 Å². The van der Waals surface area contributed by atoms with Crippen molar-refractivity contribution in [2.45, 2.75) is 33.3 Å². The molecule has 1 N–H and O–H groups in total. The first kappa shape index (κ1) is 23.3. The Bertz CT molecular complexity index is 982. The number of para-hydroxylation sites is 2. The van der Waals surface area contributed by atoms with Gasteiger partial charge in [0, 0.05) is 19.8 Å². The van der Waals surface area contributed by atoms with E-state index < -0.39 is 0 Å². The van der Waals surface area contributed by atoms with Crippen LogP contribution >= 0.6 is 0 Å². The van der Waals surface area contributed by atoms with Crippen molar-refractivity contribution >= 4 is 23.1 Å². The predicted molar refractivity (Wildman–Crippen MR) is 124 cm³/mol. The third kappa shape index (κ3) is 5.29. The number of anilines is 1. The zero-order valence-corrected chi connectivity index (χ0v) is 19.0. The van der Waals surface area contributed by atoms with Crippen molar-refractivity contribution in [3.63, 3.8) is 0 Å². The van der Waals surface area contributed by atoms with Crippen LogP contribution in [0.1, 0.15) is 32.8 Å². The number of nitrogens with zero attached hydrogens (tertiary/aromatic N) is 1. The number of amides is 2. The predicted octanol–water partition coefficient (Wildman–Crippen LogP) is 4.10. The number of hydrogen-bond acceptors (Lipinski definition) is 6. The highest BCUT2D eigenvalue weighted by Gasteiger charge is 2.39. The lowest BCUT2D eigenvalue weighted by Gasteiger charge is -2.15. The first-order valence-corrected chi connectivity index (χ1v) is 10.8. The van der Waals surface area contributed by atoms with Crippen LogP contribution in [0.25, 0.3) is 5.57 Å². The zero-order valence-electron chi connectivity index (χ0n) is 19.0. The molecule has 2 aromatic rings. The fourth-order valence-corrected chi connectivity index (χ4v) is 3.49. The molecule has 0 saturated carbocycles. The average Bonchev–Trinajstić information content (AvgIpc) is 3.01. The summed E-state index contributed by atoms with van der Waals surface area (Å²) in [5, 5.41) is 3.15. The Morgan fingerprint density at radius 3 is 2.38 bits per heavy atom. The molecule has 0 aliphatic carbocycles. The number of benzene rings is 2. The normalized spacial score (nSPS) is 13.8. The van der Waals surface area contributed by atoms with Gasteiger partial charge in [0.25, 0.3) is 11.8 Å². The number of carbonyl (C=O) groups excluding carboxylic acids is 2. The highest BCUT2D eigenvalue weighted by atomic mass is 16.5. The minimum absolute atomic E-state index is 0.0401. The summed E-state index contributed by atoms with van der Waals surface area (Å²) in [4.78, 5) is 27.8. The van der Waals surface area contributed by atoms with Gasteiger partial charge in [-0.05, 0) is 57.0 Å². The molecule has 0 unspecified atom stereocenters. The van der Waals surface area contributed by atoms with Crippen LogP contribution in [0.4, 0.5) is 5.69 Å². The number of carbonyl (C=O) groups is 2. The second-order valence-corrected chi connectivity index (χ2v) is 7.58. The molecule has 2 amide bonds. The maximum Gasteiger partial charge on any atom is 0.278 e. The largest absolute Gasteiger partial charge is 0.495 e. The van der Waals surface area contributed by atoms with Gasteiger partial charge in [0.1, 0.15) is 17.2 Å². The Balaban J connectivity index is 1.95. The van der Waals surface area contributed by atoms with Crippen molar-refractivity contribution in [1.29, 1.82) is 0 Å². The zero-order chi connectivity index (χ0) is 23.1. The van der Waals surface area contributed by atoms with Crippen LogP contribution in [-0.2, 0) is 14.3 Å². The Morgan fingerprint density at radius 2 is 1.72 bits per heavy atom. The van der Waals surface area contributed by atoms with Gasteiger partial charge in [0.15, 0.2) is 0 Å². The molecule has 0 spiro atoms. The molecule has 170 valence electrons. The first-order chi connectivity index (χ1) is 15.5. The molecule has 1 heterocycles. The highest BCUT2D eigenvalue weighted by molar-refractivity contribution is 6.36. The molecule has 1 aliphatic heterocycles. The summed E-state index contributed by atoms with van der Waals surface area (Å²) in [6, 6.07) is 14.5. The van der Waals surface area contributed by atoms with Crippen molar-refractivity contribution in [1.82, 2.24) is 4.90 Å². The van der Waals surface area contributed by atoms with Crippen molar-refractivity contribution in [3.05, 3.63) is 59.8 Å². The molecule has 7 heteroatoms. The highest BCUT2D eigenvalue weighted by Crippen LogP contribution is 2.34. The lowest BCUT2D eigenvalue weighted by Crippen LogP contribution is -2.34. The van der Waals surface area contributed by atoms with Gasteiger partial charge in [-0.25, -0.2) is 0 Å². The Morgan fingerprint density at radius 1 is 1.00 bits per heavy atom. The van der Waals surface area contributed by atoms with Crippen LogP contribution in [0.2, 0.25) is 0 Å². The van der Waals surface area contributed by atoms with Crippen LogP contribution in [0, 0.1) is 0 Å². The Labute approximate surface area is 189 Å². The maximum atomic E-state index is 13.3. The van der Waals surface area contributed by atoms with Crippen LogP contribution in [-0.4, -0.2) is 49.7 Å². The summed E-state index contributed by atoms with van der Waals surface area (Å²) in [5.41, 5.74) is 1.81. The van der Waals surface area contributed by atoms with Gasteiger partial charge in [-0.15, -0.1) is 0 Å². The lowest BCUT2D eigenvalue weighted by molar-refractivity contribution is -0.137. The van der Waals surface area contributed by atoms with Gasteiger partial charge in [0.05, 0.1) is 24.5 Å². The van der Waals surface area contributed by atoms with E-state index in [9.17, 15) is 9.59 Å². The monoisotopic (exact) mass is 438 g/mol. The molecule has 0 bridgehead atoms. The Hall–Kier alpha value is -3.32. The number of hydrogen-bond donors (Lipinski definition) is 1. The van der Waals surface area contributed by atoms with E-state index in [1.807, 2.05) is 32.9 Å². The smallest absolute Gasteiger partial charge is 0.278 e. The van der Waals surface area contributed by atoms with E-state index >= 15 is 0 Å². The fourth-order valence-electron chi connectivity index (χ4n) is 3.49. The van der Waals surface area contributed by atoms with Crippen LogP contribution in [0.3, 0.4) is 0 Å². The molecular formula is C25H30N2O5. The molecule has 1 aliphatic rings. The minimum atomic E-state index is -0.366. The van der Waals surface area contributed by atoms with Gasteiger partial charge in [-0.3, -0.25) is 14.5 Å². The van der Waals surface area contributed by atoms with E-state index in [0.29, 0.717) is 48.0 Å². The van der Waals surface area contributed by atoms with Crippen LogP contribution in [0.15, 0.2) is 54.2 Å². The number of imide groups is 1. The molecule has 7 nitrogen and oxygen atoms in total. The van der Waals surface area contributed by atoms with Gasteiger partial charge in [-0.2, -0.15) is 0 Å². The van der Waals surface area contributed by atoms with Gasteiger partial charge in [0.2, 0.25) is 0 Å². The molecule has 32 heavy (non-hydrogen) atoms. The summed E-state index contributed by atoms with van der Waals surface area (Å²) in [6.45, 7) is 7.17. The topological polar surface area (TPSA) is 77.1 Å². The molecule has 0 fully saturated rings. The van der Waals surface area contributed by atoms with Gasteiger partial charge in [-0.1, -0.05) is 24.3 Å². The van der Waals surface area contributed by atoms with E-state index in [0.717, 1.165) is 0 Å². The van der Waals surface area contributed by atoms with E-state index in [-0.39, 0.29) is 30.2 Å². The second-order valence-electron chi connectivity index (χ2n) is 7.58. The standard InChI is InChI=1S/C25H30N2O5/c1-5-31-16-8-15-27-24(28)22(18-11-13-19(14-12-18)32-17(2)3)23(25(27)29)26-20-9-6-7-10-21(20)30-4/h6-7,9-14,17,26H,5,8,15-16H2,1-4H3. The lowest BCUT2D eigenvalue weighted by atomic mass is 10.0. The molecule has 3 rings (SSSR count).